The summed E-state index contributed by atoms with van der Waals surface area (Å²) in [6.07, 6.45) is 3.21. The molecule has 39 heavy (non-hydrogen) atoms. The quantitative estimate of drug-likeness (QED) is 0.297. The van der Waals surface area contributed by atoms with Crippen molar-refractivity contribution in [3.8, 4) is 17.3 Å². The number of anilines is 2. The fourth-order valence-electron chi connectivity index (χ4n) is 4.63. The number of halogens is 2. The van der Waals surface area contributed by atoms with Crippen LogP contribution in [0, 0.1) is 11.6 Å². The van der Waals surface area contributed by atoms with E-state index in [9.17, 15) is 13.6 Å². The first-order valence-corrected chi connectivity index (χ1v) is 12.1. The second-order valence-electron chi connectivity index (χ2n) is 8.97. The third kappa shape index (κ3) is 4.67. The number of rotatable bonds is 8. The molecule has 0 unspecified atom stereocenters. The first-order valence-electron chi connectivity index (χ1n) is 12.1. The monoisotopic (exact) mass is 539 g/mol. The molecular weight excluding hydrogens is 516 g/mol. The van der Waals surface area contributed by atoms with Crippen LogP contribution in [0.5, 0.6) is 5.75 Å². The fraction of sp³-hybridized carbons (Fsp3) is 0.292. The average molecular weight is 540 g/mol. The number of hydrogen-bond acceptors (Lipinski definition) is 10. The highest BCUT2D eigenvalue weighted by atomic mass is 19.1. The zero-order valence-corrected chi connectivity index (χ0v) is 20.5. The van der Waals surface area contributed by atoms with E-state index in [-0.39, 0.29) is 17.4 Å². The van der Waals surface area contributed by atoms with Crippen LogP contribution < -0.4 is 15.4 Å². The van der Waals surface area contributed by atoms with E-state index in [1.165, 1.54) is 4.52 Å². The molecule has 1 aromatic carbocycles. The van der Waals surface area contributed by atoms with E-state index in [1.807, 2.05) is 0 Å². The summed E-state index contributed by atoms with van der Waals surface area (Å²) in [4.78, 5) is 23.5. The lowest BCUT2D eigenvalue weighted by Gasteiger charge is -2.36. The van der Waals surface area contributed by atoms with Crippen LogP contribution in [0.3, 0.4) is 0 Å². The second-order valence-corrected chi connectivity index (χ2v) is 8.97. The van der Waals surface area contributed by atoms with Crippen LogP contribution >= 0.6 is 0 Å². The van der Waals surface area contributed by atoms with Crippen molar-refractivity contribution in [3.63, 3.8) is 0 Å². The third-order valence-electron chi connectivity index (χ3n) is 6.51. The van der Waals surface area contributed by atoms with Crippen LogP contribution in [0.1, 0.15) is 0 Å². The minimum atomic E-state index is -1.23. The topological polar surface area (TPSA) is 153 Å². The molecule has 0 amide bonds. The molecule has 6 rings (SSSR count). The molecule has 15 heteroatoms. The normalized spacial score (nSPS) is 14.5. The Morgan fingerprint density at radius 2 is 1.87 bits per heavy atom. The molecule has 1 aliphatic heterocycles. The Morgan fingerprint density at radius 1 is 1.10 bits per heavy atom. The third-order valence-corrected chi connectivity index (χ3v) is 6.51. The van der Waals surface area contributed by atoms with Gasteiger partial charge in [-0.15, -0.1) is 5.10 Å². The Morgan fingerprint density at radius 3 is 2.56 bits per heavy atom. The van der Waals surface area contributed by atoms with Crippen molar-refractivity contribution >= 4 is 34.3 Å². The molecule has 13 nitrogen and oxygen atoms in total. The van der Waals surface area contributed by atoms with Gasteiger partial charge in [-0.3, -0.25) is 4.90 Å². The molecule has 0 saturated carbocycles. The van der Waals surface area contributed by atoms with Crippen molar-refractivity contribution in [2.24, 2.45) is 0 Å². The standard InChI is InChI=1S/C24H23F2N9O4/c25-16-10-14(39-13-19(36)37)11-17(26)20(16)33-6-3-32(4-7-33)5-8-34-22-15(12-28-34)23-29-21(18-2-1-9-38-18)31-35(23)24(27)30-22/h1-2,9-12H,3-8,13H2,(H2,27,30)(H,36,37). The summed E-state index contributed by atoms with van der Waals surface area (Å²) in [5.74, 6) is -1.93. The number of carboxylic acids is 1. The Hall–Kier alpha value is -4.79. The number of fused-ring (bicyclic) bond motifs is 3. The molecule has 0 atom stereocenters. The highest BCUT2D eigenvalue weighted by Crippen LogP contribution is 2.29. The molecule has 3 N–H and O–H groups in total. The van der Waals surface area contributed by atoms with Crippen molar-refractivity contribution < 1.29 is 27.8 Å². The van der Waals surface area contributed by atoms with Gasteiger partial charge in [-0.2, -0.15) is 14.6 Å². The van der Waals surface area contributed by atoms with E-state index in [2.05, 4.69) is 25.1 Å². The van der Waals surface area contributed by atoms with Gasteiger partial charge >= 0.3 is 5.97 Å². The molecule has 4 aromatic heterocycles. The number of carbonyl (C=O) groups is 1. The van der Waals surface area contributed by atoms with Gasteiger partial charge in [-0.25, -0.2) is 23.2 Å². The van der Waals surface area contributed by atoms with Gasteiger partial charge in [0, 0.05) is 44.9 Å². The molecule has 5 heterocycles. The predicted octanol–water partition coefficient (Wildman–Crippen LogP) is 1.88. The number of ether oxygens (including phenoxy) is 1. The summed E-state index contributed by atoms with van der Waals surface area (Å²) in [7, 11) is 0. The maximum Gasteiger partial charge on any atom is 0.341 e. The number of nitrogen functional groups attached to an aromatic ring is 1. The summed E-state index contributed by atoms with van der Waals surface area (Å²) >= 11 is 0. The van der Waals surface area contributed by atoms with E-state index in [4.69, 9.17) is 20.0 Å². The van der Waals surface area contributed by atoms with Gasteiger partial charge in [0.2, 0.25) is 11.8 Å². The molecule has 0 radical (unpaired) electrons. The van der Waals surface area contributed by atoms with Gasteiger partial charge in [0.05, 0.1) is 24.4 Å². The van der Waals surface area contributed by atoms with E-state index >= 15 is 0 Å². The number of hydrogen-bond donors (Lipinski definition) is 2. The summed E-state index contributed by atoms with van der Waals surface area (Å²) in [5.41, 5.74) is 7.10. The molecule has 1 saturated heterocycles. The van der Waals surface area contributed by atoms with Crippen LogP contribution in [0.15, 0.2) is 41.1 Å². The number of nitrogens with two attached hydrogens (primary N) is 1. The molecule has 1 fully saturated rings. The lowest BCUT2D eigenvalue weighted by molar-refractivity contribution is -0.139. The largest absolute Gasteiger partial charge is 0.482 e. The molecule has 1 aliphatic rings. The Balaban J connectivity index is 1.12. The first kappa shape index (κ1) is 24.5. The fourth-order valence-corrected chi connectivity index (χ4v) is 4.63. The van der Waals surface area contributed by atoms with Crippen LogP contribution in [0.25, 0.3) is 28.3 Å². The van der Waals surface area contributed by atoms with Gasteiger partial charge in [0.25, 0.3) is 0 Å². The zero-order chi connectivity index (χ0) is 27.1. The number of furan rings is 1. The molecule has 0 bridgehead atoms. The number of nitrogens with zero attached hydrogens (tertiary/aromatic N) is 8. The number of benzene rings is 1. The summed E-state index contributed by atoms with van der Waals surface area (Å²) in [5, 5.41) is 18.2. The van der Waals surface area contributed by atoms with Gasteiger partial charge in [0.15, 0.2) is 35.3 Å². The van der Waals surface area contributed by atoms with Crippen molar-refractivity contribution in [1.29, 1.82) is 0 Å². The first-order chi connectivity index (χ1) is 18.9. The zero-order valence-electron chi connectivity index (χ0n) is 20.5. The van der Waals surface area contributed by atoms with Gasteiger partial charge in [-0.05, 0) is 12.1 Å². The molecule has 0 aliphatic carbocycles. The minimum absolute atomic E-state index is 0.152. The van der Waals surface area contributed by atoms with Crippen LogP contribution in [0.2, 0.25) is 0 Å². The second kappa shape index (κ2) is 9.83. The minimum Gasteiger partial charge on any atom is -0.482 e. The SMILES string of the molecule is Nc1nc2c(cnn2CCN2CCN(c3c(F)cc(OCC(=O)O)cc3F)CC2)c2nc(-c3ccco3)nn12. The van der Waals surface area contributed by atoms with Crippen LogP contribution in [-0.2, 0) is 11.3 Å². The number of carboxylic acid groups (broad SMARTS) is 1. The van der Waals surface area contributed by atoms with Gasteiger partial charge in [-0.1, -0.05) is 0 Å². The maximum atomic E-state index is 14.7. The Labute approximate surface area is 219 Å². The van der Waals surface area contributed by atoms with Crippen LogP contribution in [-0.4, -0.2) is 84.7 Å². The Kier molecular flexibility index (Phi) is 6.18. The highest BCUT2D eigenvalue weighted by Gasteiger charge is 2.24. The van der Waals surface area contributed by atoms with Gasteiger partial charge in [0.1, 0.15) is 11.4 Å². The molecule has 202 valence electrons. The lowest BCUT2D eigenvalue weighted by atomic mass is 10.2. The van der Waals surface area contributed by atoms with Crippen molar-refractivity contribution in [2.45, 2.75) is 6.54 Å². The lowest BCUT2D eigenvalue weighted by Crippen LogP contribution is -2.47. The number of piperazine rings is 1. The summed E-state index contributed by atoms with van der Waals surface area (Å²) in [6, 6.07) is 5.50. The van der Waals surface area contributed by atoms with Crippen molar-refractivity contribution in [1.82, 2.24) is 34.3 Å². The van der Waals surface area contributed by atoms with Gasteiger partial charge < -0.3 is 24.9 Å². The van der Waals surface area contributed by atoms with E-state index in [0.717, 1.165) is 12.1 Å². The van der Waals surface area contributed by atoms with Crippen molar-refractivity contribution in [3.05, 3.63) is 48.4 Å². The molecule has 5 aromatic rings. The Bertz CT molecular complexity index is 1640. The van der Waals surface area contributed by atoms with Crippen LogP contribution in [0.4, 0.5) is 20.4 Å². The number of aliphatic carboxylic acids is 1. The van der Waals surface area contributed by atoms with E-state index < -0.39 is 24.2 Å². The highest BCUT2D eigenvalue weighted by molar-refractivity contribution is 5.90. The van der Waals surface area contributed by atoms with E-state index in [1.54, 1.807) is 34.2 Å². The molecular formula is C24H23F2N9O4. The smallest absolute Gasteiger partial charge is 0.341 e. The average Bonchev–Trinajstić information content (AvgIpc) is 3.66. The maximum absolute atomic E-state index is 14.7. The summed E-state index contributed by atoms with van der Waals surface area (Å²) < 4.78 is 42.8. The predicted molar refractivity (Wildman–Crippen MR) is 134 cm³/mol. The summed E-state index contributed by atoms with van der Waals surface area (Å²) in [6.45, 7) is 2.44. The van der Waals surface area contributed by atoms with Crippen molar-refractivity contribution in [2.75, 3.05) is 50.0 Å². The number of aromatic nitrogens is 6. The van der Waals surface area contributed by atoms with E-state index in [0.29, 0.717) is 67.5 Å². The molecule has 0 spiro atoms.